The zero-order valence-corrected chi connectivity index (χ0v) is 44.8. The number of aromatic hydroxyl groups is 1. The van der Waals surface area contributed by atoms with Gasteiger partial charge in [-0.15, -0.1) is 0 Å². The van der Waals surface area contributed by atoms with Gasteiger partial charge in [-0.05, 0) is 168 Å². The van der Waals surface area contributed by atoms with E-state index in [2.05, 4.69) is 106 Å². The summed E-state index contributed by atoms with van der Waals surface area (Å²) in [5, 5.41) is 29.3. The minimum atomic E-state index is -0.919. The number of phenols is 1. The molecule has 8 nitrogen and oxygen atoms in total. The zero-order chi connectivity index (χ0) is 51.2. The number of carbonyl (C=O) groups excluding carboxylic acids is 2. The number of hydrogen-bond acceptors (Lipinski definition) is 8. The largest absolute Gasteiger partial charge is 0.508 e. The molecule has 4 aliphatic rings. The first-order valence-electron chi connectivity index (χ1n) is 26.6. The predicted octanol–water partition coefficient (Wildman–Crippen LogP) is 13.2. The van der Waals surface area contributed by atoms with Gasteiger partial charge in [0, 0.05) is 5.41 Å². The summed E-state index contributed by atoms with van der Waals surface area (Å²) in [5.41, 5.74) is 9.44. The molecule has 8 rings (SSSR count). The lowest BCUT2D eigenvalue weighted by Crippen LogP contribution is -2.53. The van der Waals surface area contributed by atoms with Crippen molar-refractivity contribution in [3.8, 4) is 11.5 Å². The molecule has 8 heteroatoms. The molecule has 0 radical (unpaired) electrons. The van der Waals surface area contributed by atoms with E-state index in [1.807, 2.05) is 50.2 Å². The summed E-state index contributed by atoms with van der Waals surface area (Å²) in [5.74, 6) is 2.12. The molecule has 3 N–H and O–H groups in total. The number of rotatable bonds is 13. The van der Waals surface area contributed by atoms with Crippen LogP contribution in [-0.4, -0.2) is 59.8 Å². The van der Waals surface area contributed by atoms with Gasteiger partial charge in [0.25, 0.3) is 0 Å². The highest BCUT2D eigenvalue weighted by molar-refractivity contribution is 5.78. The second kappa shape index (κ2) is 22.4. The average molecular weight is 959 g/mol. The van der Waals surface area contributed by atoms with Crippen LogP contribution in [0, 0.1) is 22.7 Å². The van der Waals surface area contributed by atoms with E-state index in [1.165, 1.54) is 33.4 Å². The van der Waals surface area contributed by atoms with E-state index >= 15 is 0 Å². The van der Waals surface area contributed by atoms with Crippen LogP contribution in [0.25, 0.3) is 0 Å². The second-order valence-corrected chi connectivity index (χ2v) is 22.8. The highest BCUT2D eigenvalue weighted by Crippen LogP contribution is 2.59. The van der Waals surface area contributed by atoms with Crippen LogP contribution < -0.4 is 4.74 Å². The van der Waals surface area contributed by atoms with Gasteiger partial charge in [0.05, 0.1) is 17.4 Å². The van der Waals surface area contributed by atoms with Gasteiger partial charge in [0.1, 0.15) is 37.4 Å². The Hall–Kier alpha value is -4.66. The molecule has 4 aliphatic carbocycles. The Morgan fingerprint density at radius 2 is 1.09 bits per heavy atom. The molecular formula is C62H86O8. The first kappa shape index (κ1) is 54.7. The zero-order valence-electron chi connectivity index (χ0n) is 44.8. The number of aliphatic hydroxyl groups excluding tert-OH is 2. The van der Waals surface area contributed by atoms with Gasteiger partial charge in [0.2, 0.25) is 0 Å². The quantitative estimate of drug-likeness (QED) is 0.113. The molecule has 2 fully saturated rings. The Balaban J connectivity index is 0.000000252. The van der Waals surface area contributed by atoms with Gasteiger partial charge >= 0.3 is 11.9 Å². The van der Waals surface area contributed by atoms with E-state index in [1.54, 1.807) is 12.1 Å². The molecule has 70 heavy (non-hydrogen) atoms. The Bertz CT molecular complexity index is 2380. The maximum absolute atomic E-state index is 13.6. The van der Waals surface area contributed by atoms with E-state index in [-0.39, 0.29) is 66.3 Å². The van der Waals surface area contributed by atoms with Crippen molar-refractivity contribution in [3.63, 3.8) is 0 Å². The molecule has 382 valence electrons. The Kier molecular flexibility index (Phi) is 17.5. The third kappa shape index (κ3) is 11.0. The van der Waals surface area contributed by atoms with Crippen molar-refractivity contribution in [3.05, 3.63) is 129 Å². The molecule has 7 atom stereocenters. The normalized spacial score (nSPS) is 26.1. The standard InChI is InChI=1S/C38H48O5.C22H32O3.C2H6/c1-25(2)26-8-18-33-27(22-26)9-19-34-37(33,5)20-7-21-38(34,6)35(41)43-24-31(40)23-42-32-16-12-29(13-17-32)36(3,4)28-10-14-30(39)15-11-28;1-15(2)16-6-8-18-17(14-16)7-9-19-21(18,3)10-5-11-22(19,4)20(24)25-13-12-23;1-2/h8,10-18,22,25,31,34,39-40H,7,9,19-21,23-24H2,1-6H3;6,8,14-15,19,23H,5,7,9-13H2,1-4H3;1-2H3. The molecule has 7 unspecified atom stereocenters. The summed E-state index contributed by atoms with van der Waals surface area (Å²) < 4.78 is 17.0. The minimum absolute atomic E-state index is 0.0360. The highest BCUT2D eigenvalue weighted by Gasteiger charge is 2.57. The Morgan fingerprint density at radius 3 is 1.53 bits per heavy atom. The van der Waals surface area contributed by atoms with Crippen molar-refractivity contribution < 1.29 is 39.1 Å². The van der Waals surface area contributed by atoms with E-state index in [0.29, 0.717) is 23.5 Å². The van der Waals surface area contributed by atoms with Gasteiger partial charge in [-0.3, -0.25) is 9.59 Å². The number of hydrogen-bond donors (Lipinski definition) is 3. The van der Waals surface area contributed by atoms with Crippen LogP contribution >= 0.6 is 0 Å². The van der Waals surface area contributed by atoms with Gasteiger partial charge in [-0.25, -0.2) is 0 Å². The van der Waals surface area contributed by atoms with Crippen molar-refractivity contribution in [2.45, 2.75) is 181 Å². The number of ether oxygens (including phenoxy) is 3. The molecule has 0 heterocycles. The molecule has 0 aliphatic heterocycles. The topological polar surface area (TPSA) is 123 Å². The van der Waals surface area contributed by atoms with Gasteiger partial charge in [-0.2, -0.15) is 0 Å². The number of benzene rings is 4. The molecular weight excluding hydrogens is 873 g/mol. The lowest BCUT2D eigenvalue weighted by Gasteiger charge is -2.54. The minimum Gasteiger partial charge on any atom is -0.508 e. The Labute approximate surface area is 421 Å². The number of carbonyl (C=O) groups is 2. The van der Waals surface area contributed by atoms with Crippen molar-refractivity contribution >= 4 is 11.9 Å². The Morgan fingerprint density at radius 1 is 0.643 bits per heavy atom. The summed E-state index contributed by atoms with van der Waals surface area (Å²) >= 11 is 0. The molecule has 0 saturated heterocycles. The fourth-order valence-electron chi connectivity index (χ4n) is 13.1. The van der Waals surface area contributed by atoms with Crippen molar-refractivity contribution in [2.75, 3.05) is 26.4 Å². The van der Waals surface area contributed by atoms with Crippen LogP contribution in [0.15, 0.2) is 84.9 Å². The van der Waals surface area contributed by atoms with Crippen molar-refractivity contribution in [1.82, 2.24) is 0 Å². The van der Waals surface area contributed by atoms with Crippen LogP contribution in [-0.2, 0) is 48.1 Å². The number of aryl methyl sites for hydroxylation is 2. The lowest BCUT2D eigenvalue weighted by atomic mass is 9.49. The molecule has 0 amide bonds. The van der Waals surface area contributed by atoms with E-state index < -0.39 is 16.9 Å². The molecule has 0 spiro atoms. The molecule has 4 aromatic carbocycles. The number of aliphatic hydroxyl groups is 2. The van der Waals surface area contributed by atoms with E-state index in [4.69, 9.17) is 19.3 Å². The van der Waals surface area contributed by atoms with E-state index in [9.17, 15) is 19.8 Å². The van der Waals surface area contributed by atoms with Crippen LogP contribution in [0.5, 0.6) is 11.5 Å². The third-order valence-electron chi connectivity index (χ3n) is 17.4. The predicted molar refractivity (Wildman–Crippen MR) is 282 cm³/mol. The van der Waals surface area contributed by atoms with E-state index in [0.717, 1.165) is 75.3 Å². The van der Waals surface area contributed by atoms with Crippen LogP contribution in [0.3, 0.4) is 0 Å². The first-order valence-corrected chi connectivity index (χ1v) is 26.6. The summed E-state index contributed by atoms with van der Waals surface area (Å²) in [6.07, 6.45) is 9.05. The van der Waals surface area contributed by atoms with Crippen LogP contribution in [0.4, 0.5) is 0 Å². The summed E-state index contributed by atoms with van der Waals surface area (Å²) in [6, 6.07) is 29.0. The average Bonchev–Trinajstić information content (AvgIpc) is 3.34. The van der Waals surface area contributed by atoms with Crippen LogP contribution in [0.1, 0.15) is 191 Å². The van der Waals surface area contributed by atoms with Crippen molar-refractivity contribution in [2.24, 2.45) is 22.7 Å². The smallest absolute Gasteiger partial charge is 0.312 e. The molecule has 4 aromatic rings. The maximum atomic E-state index is 13.6. The number of phenolic OH excluding ortho intramolecular Hbond substituents is 1. The molecule has 0 aromatic heterocycles. The number of fused-ring (bicyclic) bond motifs is 6. The van der Waals surface area contributed by atoms with Gasteiger partial charge < -0.3 is 29.5 Å². The third-order valence-corrected chi connectivity index (χ3v) is 17.4. The highest BCUT2D eigenvalue weighted by atomic mass is 16.6. The fraction of sp³-hybridized carbons (Fsp3) is 0.581. The summed E-state index contributed by atoms with van der Waals surface area (Å²) in [6.45, 7) is 26.0. The van der Waals surface area contributed by atoms with Gasteiger partial charge in [0.15, 0.2) is 0 Å². The van der Waals surface area contributed by atoms with Crippen molar-refractivity contribution in [1.29, 1.82) is 0 Å². The summed E-state index contributed by atoms with van der Waals surface area (Å²) in [4.78, 5) is 26.4. The molecule has 2 saturated carbocycles. The lowest BCUT2D eigenvalue weighted by molar-refractivity contribution is -0.168. The number of esters is 2. The second-order valence-electron chi connectivity index (χ2n) is 22.8. The SMILES string of the molecule is CC.CC(C)c1ccc2c(c1)CCC1C(C)(C(=O)OCC(O)COc3ccc(C(C)(C)c4ccc(O)cc4)cc3)CCCC21C.CC(C)c1ccc2c(c1)CCC1C(C)(C(=O)OCCO)CCCC21C. The first-order chi connectivity index (χ1) is 33.2. The van der Waals surface area contributed by atoms with Crippen LogP contribution in [0.2, 0.25) is 0 Å². The fourth-order valence-corrected chi connectivity index (χ4v) is 13.1. The summed E-state index contributed by atoms with van der Waals surface area (Å²) in [7, 11) is 0. The van der Waals surface area contributed by atoms with Gasteiger partial charge in [-0.1, -0.05) is 143 Å². The maximum Gasteiger partial charge on any atom is 0.312 e. The molecule has 0 bridgehead atoms. The monoisotopic (exact) mass is 959 g/mol.